The topological polar surface area (TPSA) is 132 Å². The van der Waals surface area contributed by atoms with E-state index in [2.05, 4.69) is 15.3 Å². The van der Waals surface area contributed by atoms with Gasteiger partial charge < -0.3 is 5.32 Å². The minimum Gasteiger partial charge on any atom is -0.356 e. The molecule has 0 radical (unpaired) electrons. The Hall–Kier alpha value is -3.22. The molecule has 9 nitrogen and oxygen atoms in total. The number of benzene rings is 2. The third-order valence-electron chi connectivity index (χ3n) is 4.89. The second-order valence-electron chi connectivity index (χ2n) is 7.15. The average Bonchev–Trinajstić information content (AvgIpc) is 3.25. The summed E-state index contributed by atoms with van der Waals surface area (Å²) in [6.07, 6.45) is 1.18. The first-order valence-electron chi connectivity index (χ1n) is 9.78. The van der Waals surface area contributed by atoms with Crippen molar-refractivity contribution in [3.8, 4) is 10.6 Å². The molecular formula is C21H18N4O5S3. The number of nitro benzene ring substituents is 1. The summed E-state index contributed by atoms with van der Waals surface area (Å²) >= 11 is 2.43. The molecule has 170 valence electrons. The number of nitrogens with one attached hydrogen (secondary N) is 1. The summed E-state index contributed by atoms with van der Waals surface area (Å²) in [5, 5.41) is 17.6. The maximum Gasteiger partial charge on any atom is 0.288 e. The lowest BCUT2D eigenvalue weighted by atomic mass is 10.1. The van der Waals surface area contributed by atoms with Crippen LogP contribution in [0, 0.1) is 10.1 Å². The van der Waals surface area contributed by atoms with E-state index in [1.165, 1.54) is 11.3 Å². The predicted molar refractivity (Wildman–Crippen MR) is 130 cm³/mol. The zero-order chi connectivity index (χ0) is 23.8. The van der Waals surface area contributed by atoms with Crippen molar-refractivity contribution in [2.24, 2.45) is 0 Å². The Bertz CT molecular complexity index is 1530. The van der Waals surface area contributed by atoms with E-state index >= 15 is 0 Å². The van der Waals surface area contributed by atoms with Crippen LogP contribution >= 0.6 is 22.7 Å². The molecule has 0 unspecified atom stereocenters. The van der Waals surface area contributed by atoms with Crippen LogP contribution in [0.3, 0.4) is 0 Å². The van der Waals surface area contributed by atoms with Crippen LogP contribution in [0.2, 0.25) is 0 Å². The van der Waals surface area contributed by atoms with Gasteiger partial charge in [-0.3, -0.25) is 14.9 Å². The second kappa shape index (κ2) is 8.96. The molecule has 0 amide bonds. The average molecular weight is 503 g/mol. The first kappa shape index (κ1) is 23.0. The van der Waals surface area contributed by atoms with E-state index in [0.29, 0.717) is 0 Å². The van der Waals surface area contributed by atoms with Crippen molar-refractivity contribution in [1.82, 2.24) is 9.97 Å². The van der Waals surface area contributed by atoms with Crippen molar-refractivity contribution >= 4 is 53.4 Å². The fourth-order valence-electron chi connectivity index (χ4n) is 3.42. The van der Waals surface area contributed by atoms with Gasteiger partial charge in [0.1, 0.15) is 9.71 Å². The van der Waals surface area contributed by atoms with Gasteiger partial charge in [-0.25, -0.2) is 13.4 Å². The quantitative estimate of drug-likeness (QED) is 0.293. The molecule has 2 aromatic heterocycles. The highest BCUT2D eigenvalue weighted by Crippen LogP contribution is 2.36. The van der Waals surface area contributed by atoms with Crippen molar-refractivity contribution in [2.75, 3.05) is 11.6 Å². The Morgan fingerprint density at radius 1 is 1.18 bits per heavy atom. The van der Waals surface area contributed by atoms with Crippen LogP contribution in [0.15, 0.2) is 51.5 Å². The molecule has 0 saturated carbocycles. The molecule has 0 bridgehead atoms. The van der Waals surface area contributed by atoms with E-state index in [0.717, 1.165) is 39.9 Å². The van der Waals surface area contributed by atoms with Gasteiger partial charge in [0.15, 0.2) is 15.0 Å². The number of aryl methyl sites for hydroxylation is 1. The number of hydrogen-bond donors (Lipinski definition) is 1. The van der Waals surface area contributed by atoms with Crippen molar-refractivity contribution in [1.29, 1.82) is 0 Å². The molecule has 2 heterocycles. The molecular weight excluding hydrogens is 484 g/mol. The number of sulfone groups is 1. The molecule has 0 aliphatic carbocycles. The van der Waals surface area contributed by atoms with Crippen LogP contribution in [-0.4, -0.2) is 29.6 Å². The normalized spacial score (nSPS) is 11.6. The summed E-state index contributed by atoms with van der Waals surface area (Å²) in [6, 6.07) is 10.7. The van der Waals surface area contributed by atoms with Crippen LogP contribution in [-0.2, 0) is 22.8 Å². The number of nitro groups is 1. The highest BCUT2D eigenvalue weighted by atomic mass is 32.2. The molecule has 2 aromatic carbocycles. The summed E-state index contributed by atoms with van der Waals surface area (Å²) < 4.78 is 24.5. The van der Waals surface area contributed by atoms with Crippen LogP contribution in [0.1, 0.15) is 18.2 Å². The fraction of sp³-hybridized carbons (Fsp3) is 0.190. The first-order chi connectivity index (χ1) is 15.7. The van der Waals surface area contributed by atoms with Crippen LogP contribution in [0.4, 0.5) is 10.8 Å². The Morgan fingerprint density at radius 3 is 2.55 bits per heavy atom. The highest BCUT2D eigenvalue weighted by molar-refractivity contribution is 7.90. The largest absolute Gasteiger partial charge is 0.356 e. The molecule has 4 aromatic rings. The summed E-state index contributed by atoms with van der Waals surface area (Å²) in [4.78, 5) is 32.3. The van der Waals surface area contributed by atoms with Crippen molar-refractivity contribution in [2.45, 2.75) is 24.8 Å². The smallest absolute Gasteiger partial charge is 0.288 e. The lowest BCUT2D eigenvalue weighted by Gasteiger charge is -2.11. The maximum atomic E-state index is 12.9. The van der Waals surface area contributed by atoms with E-state index in [4.69, 9.17) is 0 Å². The van der Waals surface area contributed by atoms with E-state index < -0.39 is 26.0 Å². The van der Waals surface area contributed by atoms with Crippen LogP contribution in [0.5, 0.6) is 0 Å². The summed E-state index contributed by atoms with van der Waals surface area (Å²) in [7, 11) is -3.78. The van der Waals surface area contributed by atoms with Crippen LogP contribution < -0.4 is 10.9 Å². The fourth-order valence-corrected chi connectivity index (χ4v) is 6.29. The van der Waals surface area contributed by atoms with Gasteiger partial charge in [-0.1, -0.05) is 48.6 Å². The number of non-ortho nitro benzene ring substituents is 1. The summed E-state index contributed by atoms with van der Waals surface area (Å²) in [6.45, 7) is 1.96. The molecule has 0 fully saturated rings. The second-order valence-corrected chi connectivity index (χ2v) is 11.0. The molecule has 0 spiro atoms. The minimum atomic E-state index is -3.78. The molecule has 0 aliphatic heterocycles. The number of rotatable bonds is 7. The minimum absolute atomic E-state index is 0.0253. The molecule has 0 saturated heterocycles. The standard InChI is InChI=1S/C21H18N4O5S3/c1-3-14-16(33(2,29)30)9-15(25(27)28)18-17(14)19(26)24-21(32-18)22-10-13-11-31-20(23-13)12-7-5-4-6-8-12/h4-9,11H,3,10H2,1-2H3,(H,22,24,26). The van der Waals surface area contributed by atoms with E-state index in [1.54, 1.807) is 6.92 Å². The summed E-state index contributed by atoms with van der Waals surface area (Å²) in [5.41, 5.74) is 0.823. The van der Waals surface area contributed by atoms with Gasteiger partial charge >= 0.3 is 0 Å². The number of anilines is 1. The molecule has 4 rings (SSSR count). The molecule has 0 aliphatic rings. The van der Waals surface area contributed by atoms with E-state index in [9.17, 15) is 23.3 Å². The number of fused-ring (bicyclic) bond motifs is 1. The van der Waals surface area contributed by atoms with Gasteiger partial charge in [0.25, 0.3) is 11.2 Å². The number of nitrogens with zero attached hydrogens (tertiary/aromatic N) is 3. The molecule has 12 heteroatoms. The number of hydrogen-bond acceptors (Lipinski definition) is 10. The van der Waals surface area contributed by atoms with Crippen molar-refractivity contribution in [3.63, 3.8) is 0 Å². The highest BCUT2D eigenvalue weighted by Gasteiger charge is 2.26. The SMILES string of the molecule is CCc1c(S(C)(=O)=O)cc([N+](=O)[O-])c2sc(NCc3csc(-c4ccccc4)n3)nc(=O)c12. The third kappa shape index (κ3) is 4.63. The van der Waals surface area contributed by atoms with Gasteiger partial charge in [-0.2, -0.15) is 4.98 Å². The molecule has 1 N–H and O–H groups in total. The predicted octanol–water partition coefficient (Wildman–Crippen LogP) is 4.27. The Balaban J connectivity index is 1.73. The van der Waals surface area contributed by atoms with Gasteiger partial charge in [-0.05, 0) is 12.0 Å². The zero-order valence-electron chi connectivity index (χ0n) is 17.6. The lowest BCUT2D eigenvalue weighted by Crippen LogP contribution is -2.14. The maximum absolute atomic E-state index is 12.9. The van der Waals surface area contributed by atoms with Gasteiger partial charge in [0.05, 0.1) is 27.4 Å². The van der Waals surface area contributed by atoms with Gasteiger partial charge in [0.2, 0.25) is 0 Å². The number of thiazole rings is 1. The van der Waals surface area contributed by atoms with Crippen LogP contribution in [0.25, 0.3) is 20.7 Å². The molecule has 0 atom stereocenters. The monoisotopic (exact) mass is 502 g/mol. The van der Waals surface area contributed by atoms with Gasteiger partial charge in [-0.15, -0.1) is 11.3 Å². The third-order valence-corrected chi connectivity index (χ3v) is 8.04. The van der Waals surface area contributed by atoms with Gasteiger partial charge in [0, 0.05) is 23.3 Å². The summed E-state index contributed by atoms with van der Waals surface area (Å²) in [5.74, 6) is 0. The molecule has 33 heavy (non-hydrogen) atoms. The first-order valence-corrected chi connectivity index (χ1v) is 13.4. The van der Waals surface area contributed by atoms with Crippen molar-refractivity contribution in [3.05, 3.63) is 73.5 Å². The van der Waals surface area contributed by atoms with E-state index in [-0.39, 0.29) is 38.6 Å². The number of aromatic nitrogens is 2. The Labute approximate surface area is 196 Å². The van der Waals surface area contributed by atoms with Crippen molar-refractivity contribution < 1.29 is 13.3 Å². The zero-order valence-corrected chi connectivity index (χ0v) is 20.0. The van der Waals surface area contributed by atoms with E-state index in [1.807, 2.05) is 35.7 Å². The Kier molecular flexibility index (Phi) is 6.23. The Morgan fingerprint density at radius 2 is 1.91 bits per heavy atom. The lowest BCUT2D eigenvalue weighted by molar-refractivity contribution is -0.383.